The van der Waals surface area contributed by atoms with E-state index in [4.69, 9.17) is 10.8 Å². The molecule has 0 aliphatic rings. The normalized spacial score (nSPS) is 15.9. The Morgan fingerprint density at radius 1 is 1.50 bits per heavy atom. The zero-order valence-electron chi connectivity index (χ0n) is 8.12. The first kappa shape index (κ1) is 11.2. The molecule has 3 N–H and O–H groups in total. The van der Waals surface area contributed by atoms with Gasteiger partial charge in [-0.15, -0.1) is 0 Å². The van der Waals surface area contributed by atoms with Gasteiger partial charge in [-0.1, -0.05) is 32.9 Å². The van der Waals surface area contributed by atoms with Crippen LogP contribution in [0.3, 0.4) is 0 Å². The molecule has 0 amide bonds. The van der Waals surface area contributed by atoms with Crippen LogP contribution in [0.5, 0.6) is 0 Å². The molecule has 70 valence electrons. The van der Waals surface area contributed by atoms with Crippen molar-refractivity contribution in [1.29, 1.82) is 0 Å². The monoisotopic (exact) mass is 169 g/mol. The van der Waals surface area contributed by atoms with Gasteiger partial charge in [0.15, 0.2) is 0 Å². The third kappa shape index (κ3) is 4.97. The minimum Gasteiger partial charge on any atom is -0.402 e. The lowest BCUT2D eigenvalue weighted by Crippen LogP contribution is -2.04. The van der Waals surface area contributed by atoms with Gasteiger partial charge in [0, 0.05) is 5.70 Å². The second-order valence-electron chi connectivity index (χ2n) is 3.18. The summed E-state index contributed by atoms with van der Waals surface area (Å²) >= 11 is 0. The fourth-order valence-corrected chi connectivity index (χ4v) is 0.623. The van der Waals surface area contributed by atoms with Gasteiger partial charge in [-0.05, 0) is 18.4 Å². The zero-order chi connectivity index (χ0) is 9.56. The van der Waals surface area contributed by atoms with Gasteiger partial charge in [0.25, 0.3) is 0 Å². The molecule has 0 radical (unpaired) electrons. The minimum absolute atomic E-state index is 0.346. The molecule has 12 heavy (non-hydrogen) atoms. The van der Waals surface area contributed by atoms with Gasteiger partial charge >= 0.3 is 0 Å². The van der Waals surface area contributed by atoms with Gasteiger partial charge < -0.3 is 10.8 Å². The summed E-state index contributed by atoms with van der Waals surface area (Å²) in [4.78, 5) is 0. The Balaban J connectivity index is 3.94. The molecule has 0 spiro atoms. The second kappa shape index (κ2) is 5.84. The van der Waals surface area contributed by atoms with Crippen molar-refractivity contribution in [3.63, 3.8) is 0 Å². The summed E-state index contributed by atoms with van der Waals surface area (Å²) in [5.41, 5.74) is 6.51. The molecule has 2 nitrogen and oxygen atoms in total. The number of hydrogen-bond donors (Lipinski definition) is 2. The Labute approximate surface area is 74.8 Å². The van der Waals surface area contributed by atoms with Gasteiger partial charge in [0.2, 0.25) is 0 Å². The third-order valence-corrected chi connectivity index (χ3v) is 1.71. The molecule has 0 aliphatic heterocycles. The van der Waals surface area contributed by atoms with E-state index in [0.29, 0.717) is 5.92 Å². The molecule has 0 saturated heterocycles. The van der Waals surface area contributed by atoms with Crippen molar-refractivity contribution in [3.8, 4) is 0 Å². The number of rotatable bonds is 4. The van der Waals surface area contributed by atoms with Gasteiger partial charge in [-0.3, -0.25) is 0 Å². The van der Waals surface area contributed by atoms with Crippen molar-refractivity contribution in [2.75, 3.05) is 0 Å². The maximum absolute atomic E-state index is 9.15. The second-order valence-corrected chi connectivity index (χ2v) is 3.18. The number of aliphatic hydroxyl groups is 1. The molecule has 0 aromatic heterocycles. The Kier molecular flexibility index (Phi) is 5.47. The molecule has 0 heterocycles. The van der Waals surface area contributed by atoms with Crippen LogP contribution in [0.1, 0.15) is 27.2 Å². The van der Waals surface area contributed by atoms with Crippen LogP contribution in [0.15, 0.2) is 23.9 Å². The van der Waals surface area contributed by atoms with E-state index < -0.39 is 0 Å². The van der Waals surface area contributed by atoms with Crippen LogP contribution in [0, 0.1) is 5.92 Å². The molecule has 0 aromatic rings. The van der Waals surface area contributed by atoms with Gasteiger partial charge in [-0.2, -0.15) is 0 Å². The molecule has 0 bridgehead atoms. The SMILES string of the molecule is CCC(O)/C=C\C=C(/N)C(C)C. The first-order valence-electron chi connectivity index (χ1n) is 4.39. The highest BCUT2D eigenvalue weighted by molar-refractivity contribution is 5.12. The lowest BCUT2D eigenvalue weighted by molar-refractivity contribution is 0.219. The lowest BCUT2D eigenvalue weighted by Gasteiger charge is -2.02. The van der Waals surface area contributed by atoms with E-state index >= 15 is 0 Å². The minimum atomic E-state index is -0.346. The van der Waals surface area contributed by atoms with E-state index in [1.54, 1.807) is 6.08 Å². The van der Waals surface area contributed by atoms with Crippen molar-refractivity contribution in [3.05, 3.63) is 23.9 Å². The summed E-state index contributed by atoms with van der Waals surface area (Å²) in [5, 5.41) is 9.15. The maximum atomic E-state index is 9.15. The molecule has 1 unspecified atom stereocenters. The van der Waals surface area contributed by atoms with Crippen LogP contribution in [-0.4, -0.2) is 11.2 Å². The summed E-state index contributed by atoms with van der Waals surface area (Å²) in [6.45, 7) is 6.01. The lowest BCUT2D eigenvalue weighted by atomic mass is 10.1. The van der Waals surface area contributed by atoms with E-state index in [9.17, 15) is 0 Å². The number of allylic oxidation sites excluding steroid dienone is 3. The third-order valence-electron chi connectivity index (χ3n) is 1.71. The first-order chi connectivity index (χ1) is 5.57. The van der Waals surface area contributed by atoms with E-state index in [1.807, 2.05) is 32.9 Å². The molecule has 1 atom stereocenters. The quantitative estimate of drug-likeness (QED) is 0.630. The summed E-state index contributed by atoms with van der Waals surface area (Å²) in [5.74, 6) is 0.369. The standard InChI is InChI=1S/C10H19NO/c1-4-9(12)6-5-7-10(11)8(2)3/h5-9,12H,4,11H2,1-3H3/b6-5-,10-7-. The van der Waals surface area contributed by atoms with Crippen LogP contribution in [0.2, 0.25) is 0 Å². The van der Waals surface area contributed by atoms with Crippen molar-refractivity contribution >= 4 is 0 Å². The summed E-state index contributed by atoms with van der Waals surface area (Å²) < 4.78 is 0. The van der Waals surface area contributed by atoms with Gasteiger partial charge in [0.1, 0.15) is 0 Å². The number of hydrogen-bond acceptors (Lipinski definition) is 2. The average molecular weight is 169 g/mol. The summed E-state index contributed by atoms with van der Waals surface area (Å²) in [6, 6.07) is 0. The molecule has 0 saturated carbocycles. The molecule has 0 rings (SSSR count). The summed E-state index contributed by atoms with van der Waals surface area (Å²) in [6.07, 6.45) is 5.79. The van der Waals surface area contributed by atoms with Crippen LogP contribution >= 0.6 is 0 Å². The average Bonchev–Trinajstić information content (AvgIpc) is 2.03. The predicted molar refractivity (Wildman–Crippen MR) is 52.5 cm³/mol. The van der Waals surface area contributed by atoms with Crippen molar-refractivity contribution in [2.45, 2.75) is 33.3 Å². The topological polar surface area (TPSA) is 46.2 Å². The van der Waals surface area contributed by atoms with Gasteiger partial charge in [0.05, 0.1) is 6.10 Å². The van der Waals surface area contributed by atoms with Crippen LogP contribution in [0.4, 0.5) is 0 Å². The number of aliphatic hydroxyl groups excluding tert-OH is 1. The zero-order valence-corrected chi connectivity index (χ0v) is 8.12. The molecule has 2 heteroatoms. The summed E-state index contributed by atoms with van der Waals surface area (Å²) in [7, 11) is 0. The van der Waals surface area contributed by atoms with Crippen molar-refractivity contribution in [2.24, 2.45) is 11.7 Å². The Bertz CT molecular complexity index is 171. The Hall–Kier alpha value is -0.760. The highest BCUT2D eigenvalue weighted by Crippen LogP contribution is 2.02. The molecular formula is C10H19NO. The largest absolute Gasteiger partial charge is 0.402 e. The fourth-order valence-electron chi connectivity index (χ4n) is 0.623. The molecular weight excluding hydrogens is 150 g/mol. The smallest absolute Gasteiger partial charge is 0.0721 e. The van der Waals surface area contributed by atoms with Crippen LogP contribution < -0.4 is 5.73 Å². The number of nitrogens with two attached hydrogens (primary N) is 1. The Morgan fingerprint density at radius 3 is 2.50 bits per heavy atom. The highest BCUT2D eigenvalue weighted by atomic mass is 16.3. The molecule has 0 fully saturated rings. The van der Waals surface area contributed by atoms with Gasteiger partial charge in [-0.25, -0.2) is 0 Å². The van der Waals surface area contributed by atoms with E-state index in [2.05, 4.69) is 0 Å². The molecule has 0 aliphatic carbocycles. The van der Waals surface area contributed by atoms with Crippen molar-refractivity contribution < 1.29 is 5.11 Å². The highest BCUT2D eigenvalue weighted by Gasteiger charge is 1.94. The first-order valence-corrected chi connectivity index (χ1v) is 4.39. The fraction of sp³-hybridized carbons (Fsp3) is 0.600. The predicted octanol–water partition coefficient (Wildman–Crippen LogP) is 1.81. The van der Waals surface area contributed by atoms with Crippen molar-refractivity contribution in [1.82, 2.24) is 0 Å². The van der Waals surface area contributed by atoms with E-state index in [1.165, 1.54) is 0 Å². The van der Waals surface area contributed by atoms with Crippen LogP contribution in [0.25, 0.3) is 0 Å². The molecule has 0 aromatic carbocycles. The van der Waals surface area contributed by atoms with E-state index in [-0.39, 0.29) is 6.10 Å². The van der Waals surface area contributed by atoms with Crippen LogP contribution in [-0.2, 0) is 0 Å². The Morgan fingerprint density at radius 2 is 2.08 bits per heavy atom. The van der Waals surface area contributed by atoms with E-state index in [0.717, 1.165) is 12.1 Å². The maximum Gasteiger partial charge on any atom is 0.0721 e.